The van der Waals surface area contributed by atoms with Gasteiger partial charge in [-0.1, -0.05) is 0 Å². The molecule has 1 aromatic carbocycles. The fraction of sp³-hybridized carbons (Fsp3) is 0.400. The molecule has 0 aliphatic carbocycles. The van der Waals surface area contributed by atoms with E-state index in [1.54, 1.807) is 12.1 Å². The van der Waals surface area contributed by atoms with Gasteiger partial charge in [0, 0.05) is 24.8 Å². The number of phenols is 1. The van der Waals surface area contributed by atoms with Crippen molar-refractivity contribution in [1.82, 2.24) is 0 Å². The lowest BCUT2D eigenvalue weighted by Crippen LogP contribution is -2.17. The highest BCUT2D eigenvalue weighted by atomic mass is 16.3. The molecule has 3 heteroatoms. The van der Waals surface area contributed by atoms with E-state index in [9.17, 15) is 5.11 Å². The summed E-state index contributed by atoms with van der Waals surface area (Å²) >= 11 is 0. The molecule has 0 atom stereocenters. The monoisotopic (exact) mass is 178 g/mol. The molecule has 1 fully saturated rings. The molecule has 1 aromatic rings. The Bertz CT molecular complexity index is 306. The van der Waals surface area contributed by atoms with Gasteiger partial charge in [-0.3, -0.25) is 0 Å². The second kappa shape index (κ2) is 3.17. The fourth-order valence-corrected chi connectivity index (χ4v) is 1.70. The van der Waals surface area contributed by atoms with E-state index in [1.807, 2.05) is 6.07 Å². The van der Waals surface area contributed by atoms with Gasteiger partial charge in [0.05, 0.1) is 5.69 Å². The van der Waals surface area contributed by atoms with Gasteiger partial charge in [-0.25, -0.2) is 0 Å². The lowest BCUT2D eigenvalue weighted by molar-refractivity contribution is 0.478. The molecule has 0 amide bonds. The zero-order chi connectivity index (χ0) is 9.26. The van der Waals surface area contributed by atoms with Gasteiger partial charge in [0.1, 0.15) is 5.75 Å². The third-order valence-corrected chi connectivity index (χ3v) is 2.49. The molecular formula is C10H14N2O. The molecule has 2 rings (SSSR count). The lowest BCUT2D eigenvalue weighted by atomic mass is 10.2. The Balaban J connectivity index is 2.25. The van der Waals surface area contributed by atoms with E-state index in [4.69, 9.17) is 5.73 Å². The molecule has 0 radical (unpaired) electrons. The first kappa shape index (κ1) is 8.23. The molecule has 0 unspecified atom stereocenters. The van der Waals surface area contributed by atoms with Gasteiger partial charge in [-0.2, -0.15) is 0 Å². The zero-order valence-electron chi connectivity index (χ0n) is 7.53. The highest BCUT2D eigenvalue weighted by Crippen LogP contribution is 2.28. The van der Waals surface area contributed by atoms with Crippen molar-refractivity contribution in [2.75, 3.05) is 23.7 Å². The van der Waals surface area contributed by atoms with Gasteiger partial charge in [0.15, 0.2) is 0 Å². The Morgan fingerprint density at radius 3 is 2.54 bits per heavy atom. The molecule has 13 heavy (non-hydrogen) atoms. The number of phenolic OH excluding ortho intramolecular Hbond substituents is 1. The van der Waals surface area contributed by atoms with E-state index >= 15 is 0 Å². The van der Waals surface area contributed by atoms with Gasteiger partial charge in [-0.05, 0) is 25.0 Å². The molecule has 0 spiro atoms. The number of hydrogen-bond donors (Lipinski definition) is 2. The molecule has 3 N–H and O–H groups in total. The van der Waals surface area contributed by atoms with E-state index < -0.39 is 0 Å². The Hall–Kier alpha value is -1.38. The highest BCUT2D eigenvalue weighted by Gasteiger charge is 2.12. The number of rotatable bonds is 1. The van der Waals surface area contributed by atoms with Crippen LogP contribution in [0.5, 0.6) is 5.75 Å². The van der Waals surface area contributed by atoms with Crippen LogP contribution in [0.2, 0.25) is 0 Å². The largest absolute Gasteiger partial charge is 0.506 e. The molecule has 1 saturated heterocycles. The van der Waals surface area contributed by atoms with Crippen molar-refractivity contribution in [2.24, 2.45) is 0 Å². The third-order valence-electron chi connectivity index (χ3n) is 2.49. The van der Waals surface area contributed by atoms with Gasteiger partial charge in [0.25, 0.3) is 0 Å². The first-order chi connectivity index (χ1) is 6.27. The smallest absolute Gasteiger partial charge is 0.140 e. The summed E-state index contributed by atoms with van der Waals surface area (Å²) in [6, 6.07) is 5.45. The number of nitrogens with zero attached hydrogens (tertiary/aromatic N) is 1. The maximum Gasteiger partial charge on any atom is 0.140 e. The number of benzene rings is 1. The zero-order valence-corrected chi connectivity index (χ0v) is 7.53. The van der Waals surface area contributed by atoms with E-state index in [-0.39, 0.29) is 5.75 Å². The summed E-state index contributed by atoms with van der Waals surface area (Å²) in [5.74, 6) is 0.185. The van der Waals surface area contributed by atoms with Gasteiger partial charge in [0.2, 0.25) is 0 Å². The Morgan fingerprint density at radius 1 is 1.23 bits per heavy atom. The quantitative estimate of drug-likeness (QED) is 0.507. The molecule has 3 nitrogen and oxygen atoms in total. The molecule has 0 saturated carbocycles. The second-order valence-corrected chi connectivity index (χ2v) is 3.44. The number of hydrogen-bond acceptors (Lipinski definition) is 3. The first-order valence-corrected chi connectivity index (χ1v) is 4.61. The molecule has 1 aliphatic heterocycles. The van der Waals surface area contributed by atoms with E-state index in [1.165, 1.54) is 12.8 Å². The van der Waals surface area contributed by atoms with Gasteiger partial charge < -0.3 is 15.7 Å². The fourth-order valence-electron chi connectivity index (χ4n) is 1.70. The minimum atomic E-state index is 0.185. The lowest BCUT2D eigenvalue weighted by Gasteiger charge is -2.17. The van der Waals surface area contributed by atoms with Crippen LogP contribution in [0, 0.1) is 0 Å². The molecule has 0 bridgehead atoms. The van der Waals surface area contributed by atoms with Crippen LogP contribution >= 0.6 is 0 Å². The summed E-state index contributed by atoms with van der Waals surface area (Å²) in [6.07, 6.45) is 2.48. The predicted molar refractivity (Wildman–Crippen MR) is 54.0 cm³/mol. The van der Waals surface area contributed by atoms with Crippen molar-refractivity contribution in [2.45, 2.75) is 12.8 Å². The number of nitrogen functional groups attached to an aromatic ring is 1. The second-order valence-electron chi connectivity index (χ2n) is 3.44. The Kier molecular flexibility index (Phi) is 2.00. The normalized spacial score (nSPS) is 16.5. The molecule has 1 aliphatic rings. The van der Waals surface area contributed by atoms with Crippen LogP contribution in [-0.2, 0) is 0 Å². The minimum Gasteiger partial charge on any atom is -0.506 e. The summed E-state index contributed by atoms with van der Waals surface area (Å²) in [5.41, 5.74) is 7.04. The van der Waals surface area contributed by atoms with E-state index in [0.717, 1.165) is 18.8 Å². The summed E-state index contributed by atoms with van der Waals surface area (Å²) in [7, 11) is 0. The summed E-state index contributed by atoms with van der Waals surface area (Å²) in [4.78, 5) is 2.26. The van der Waals surface area contributed by atoms with Crippen LogP contribution < -0.4 is 10.6 Å². The van der Waals surface area contributed by atoms with Crippen molar-refractivity contribution >= 4 is 11.4 Å². The highest BCUT2D eigenvalue weighted by molar-refractivity contribution is 5.61. The molecular weight excluding hydrogens is 164 g/mol. The Labute approximate surface area is 77.8 Å². The van der Waals surface area contributed by atoms with Crippen molar-refractivity contribution < 1.29 is 5.11 Å². The standard InChI is InChI=1S/C10H14N2O/c11-9-4-3-8(7-10(9)13)12-5-1-2-6-12/h3-4,7,13H,1-2,5-6,11H2. The van der Waals surface area contributed by atoms with Crippen LogP contribution in [0.1, 0.15) is 12.8 Å². The maximum absolute atomic E-state index is 9.41. The van der Waals surface area contributed by atoms with Crippen LogP contribution in [-0.4, -0.2) is 18.2 Å². The van der Waals surface area contributed by atoms with Crippen molar-refractivity contribution in [1.29, 1.82) is 0 Å². The predicted octanol–water partition coefficient (Wildman–Crippen LogP) is 1.57. The molecule has 0 aromatic heterocycles. The summed E-state index contributed by atoms with van der Waals surface area (Å²) < 4.78 is 0. The first-order valence-electron chi connectivity index (χ1n) is 4.61. The number of nitrogens with two attached hydrogens (primary N) is 1. The summed E-state index contributed by atoms with van der Waals surface area (Å²) in [6.45, 7) is 2.17. The van der Waals surface area contributed by atoms with Crippen LogP contribution in [0.15, 0.2) is 18.2 Å². The van der Waals surface area contributed by atoms with Crippen molar-refractivity contribution in [3.63, 3.8) is 0 Å². The van der Waals surface area contributed by atoms with E-state index in [0.29, 0.717) is 5.69 Å². The number of aromatic hydroxyl groups is 1. The molecule has 70 valence electrons. The number of anilines is 2. The maximum atomic E-state index is 9.41. The van der Waals surface area contributed by atoms with Gasteiger partial charge >= 0.3 is 0 Å². The SMILES string of the molecule is Nc1ccc(N2CCCC2)cc1O. The summed E-state index contributed by atoms with van der Waals surface area (Å²) in [5, 5.41) is 9.41. The Morgan fingerprint density at radius 2 is 1.92 bits per heavy atom. The van der Waals surface area contributed by atoms with Gasteiger partial charge in [-0.15, -0.1) is 0 Å². The van der Waals surface area contributed by atoms with Crippen LogP contribution in [0.3, 0.4) is 0 Å². The van der Waals surface area contributed by atoms with Crippen molar-refractivity contribution in [3.8, 4) is 5.75 Å². The topological polar surface area (TPSA) is 49.5 Å². The van der Waals surface area contributed by atoms with Crippen molar-refractivity contribution in [3.05, 3.63) is 18.2 Å². The van der Waals surface area contributed by atoms with E-state index in [2.05, 4.69) is 4.90 Å². The average molecular weight is 178 g/mol. The third kappa shape index (κ3) is 1.54. The minimum absolute atomic E-state index is 0.185. The van der Waals surface area contributed by atoms with Crippen LogP contribution in [0.4, 0.5) is 11.4 Å². The molecule has 1 heterocycles. The van der Waals surface area contributed by atoms with Crippen LogP contribution in [0.25, 0.3) is 0 Å². The average Bonchev–Trinajstić information content (AvgIpc) is 2.62.